The Bertz CT molecular complexity index is 581. The van der Waals surface area contributed by atoms with Crippen molar-refractivity contribution in [1.82, 2.24) is 0 Å². The largest absolute Gasteiger partial charge is 0.496 e. The molecule has 1 atom stereocenters. The van der Waals surface area contributed by atoms with Crippen LogP contribution in [0.2, 0.25) is 5.02 Å². The maximum absolute atomic E-state index is 6.14. The zero-order valence-electron chi connectivity index (χ0n) is 11.9. The van der Waals surface area contributed by atoms with Gasteiger partial charge in [-0.05, 0) is 23.8 Å². The minimum Gasteiger partial charge on any atom is -0.496 e. The van der Waals surface area contributed by atoms with Crippen LogP contribution < -0.4 is 4.74 Å². The molecule has 0 radical (unpaired) electrons. The molecule has 2 rings (SSSR count). The second-order valence-electron chi connectivity index (χ2n) is 5.34. The van der Waals surface area contributed by atoms with Crippen molar-refractivity contribution in [3.05, 3.63) is 64.7 Å². The maximum Gasteiger partial charge on any atom is 0.123 e. The third-order valence-corrected chi connectivity index (χ3v) is 5.49. The topological polar surface area (TPSA) is 9.23 Å². The number of hydrogen-bond acceptors (Lipinski definition) is 1. The third-order valence-electron chi connectivity index (χ3n) is 3.62. The fraction of sp³-hybridized carbons (Fsp3) is 0.294. The Hall–Kier alpha value is -0.990. The molecule has 3 heteroatoms. The van der Waals surface area contributed by atoms with Crippen LogP contribution >= 0.6 is 27.5 Å². The van der Waals surface area contributed by atoms with Gasteiger partial charge < -0.3 is 4.74 Å². The van der Waals surface area contributed by atoms with Gasteiger partial charge >= 0.3 is 0 Å². The summed E-state index contributed by atoms with van der Waals surface area (Å²) in [5.74, 6) is 0.847. The van der Waals surface area contributed by atoms with Gasteiger partial charge in [0.15, 0.2) is 0 Å². The van der Waals surface area contributed by atoms with E-state index in [1.54, 1.807) is 7.11 Å². The van der Waals surface area contributed by atoms with Crippen LogP contribution in [0, 0.1) is 0 Å². The number of ether oxygens (including phenoxy) is 1. The van der Waals surface area contributed by atoms with Gasteiger partial charge in [0.05, 0.1) is 11.9 Å². The van der Waals surface area contributed by atoms with Gasteiger partial charge in [-0.3, -0.25) is 0 Å². The van der Waals surface area contributed by atoms with Crippen LogP contribution in [-0.4, -0.2) is 7.11 Å². The summed E-state index contributed by atoms with van der Waals surface area (Å²) in [6.07, 6.45) is 0. The van der Waals surface area contributed by atoms with Crippen molar-refractivity contribution in [1.29, 1.82) is 0 Å². The van der Waals surface area contributed by atoms with E-state index < -0.39 is 0 Å². The smallest absolute Gasteiger partial charge is 0.123 e. The van der Waals surface area contributed by atoms with Gasteiger partial charge in [-0.1, -0.05) is 71.7 Å². The van der Waals surface area contributed by atoms with Gasteiger partial charge in [0, 0.05) is 16.0 Å². The molecular formula is C17H18BrClO. The van der Waals surface area contributed by atoms with Gasteiger partial charge in [-0.15, -0.1) is 0 Å². The van der Waals surface area contributed by atoms with Crippen LogP contribution in [0.4, 0.5) is 0 Å². The van der Waals surface area contributed by atoms with Crippen LogP contribution in [0.3, 0.4) is 0 Å². The monoisotopic (exact) mass is 352 g/mol. The Labute approximate surface area is 134 Å². The molecule has 0 amide bonds. The summed E-state index contributed by atoms with van der Waals surface area (Å²) in [5.41, 5.74) is 2.25. The van der Waals surface area contributed by atoms with Crippen LogP contribution in [0.5, 0.6) is 5.75 Å². The van der Waals surface area contributed by atoms with Gasteiger partial charge in [0.2, 0.25) is 0 Å². The first-order valence-corrected chi connectivity index (χ1v) is 7.79. The Morgan fingerprint density at radius 3 is 2.35 bits per heavy atom. The van der Waals surface area contributed by atoms with E-state index in [9.17, 15) is 0 Å². The average Bonchev–Trinajstić information content (AvgIpc) is 2.47. The molecule has 0 aliphatic rings. The lowest BCUT2D eigenvalue weighted by Gasteiger charge is -2.32. The van der Waals surface area contributed by atoms with E-state index in [1.807, 2.05) is 24.3 Å². The Morgan fingerprint density at radius 2 is 1.75 bits per heavy atom. The van der Waals surface area contributed by atoms with E-state index in [0.717, 1.165) is 11.3 Å². The lowest BCUT2D eigenvalue weighted by atomic mass is 9.79. The van der Waals surface area contributed by atoms with Gasteiger partial charge in [-0.2, -0.15) is 0 Å². The summed E-state index contributed by atoms with van der Waals surface area (Å²) >= 11 is 9.97. The highest BCUT2D eigenvalue weighted by molar-refractivity contribution is 9.09. The summed E-state index contributed by atoms with van der Waals surface area (Å²) in [4.78, 5) is 0.103. The number of alkyl halides is 1. The van der Waals surface area contributed by atoms with E-state index in [4.69, 9.17) is 16.3 Å². The van der Waals surface area contributed by atoms with Crippen molar-refractivity contribution in [3.8, 4) is 5.75 Å². The summed E-state index contributed by atoms with van der Waals surface area (Å²) in [7, 11) is 1.68. The first kappa shape index (κ1) is 15.4. The molecule has 0 saturated heterocycles. The highest BCUT2D eigenvalue weighted by atomic mass is 79.9. The Kier molecular flexibility index (Phi) is 4.77. The summed E-state index contributed by atoms with van der Waals surface area (Å²) in [5, 5.41) is 0.717. The van der Waals surface area contributed by atoms with E-state index in [2.05, 4.69) is 54.0 Å². The summed E-state index contributed by atoms with van der Waals surface area (Å²) in [6.45, 7) is 4.42. The standard InChI is InChI=1S/C17H18BrClO/c1-17(2,12-7-5-4-6-8-12)16(18)14-11-13(19)9-10-15(14)20-3/h4-11,16H,1-3H3. The Balaban J connectivity index is 2.45. The fourth-order valence-corrected chi connectivity index (χ4v) is 3.11. The van der Waals surface area contributed by atoms with Crippen molar-refractivity contribution in [2.75, 3.05) is 7.11 Å². The number of halogens is 2. The van der Waals surface area contributed by atoms with Crippen LogP contribution in [-0.2, 0) is 5.41 Å². The molecule has 0 aliphatic carbocycles. The SMILES string of the molecule is COc1ccc(Cl)cc1C(Br)C(C)(C)c1ccccc1. The fourth-order valence-electron chi connectivity index (χ4n) is 2.31. The van der Waals surface area contributed by atoms with Crippen molar-refractivity contribution in [3.63, 3.8) is 0 Å². The molecule has 0 spiro atoms. The molecular weight excluding hydrogens is 336 g/mol. The second-order valence-corrected chi connectivity index (χ2v) is 6.69. The predicted octanol–water partition coefficient (Wildman–Crippen LogP) is 5.76. The highest BCUT2D eigenvalue weighted by Crippen LogP contribution is 2.46. The molecule has 0 fully saturated rings. The first-order chi connectivity index (χ1) is 9.46. The highest BCUT2D eigenvalue weighted by Gasteiger charge is 2.32. The van der Waals surface area contributed by atoms with Crippen molar-refractivity contribution in [2.45, 2.75) is 24.1 Å². The normalized spacial score (nSPS) is 13.1. The number of benzene rings is 2. The minimum absolute atomic E-state index is 0.0841. The molecule has 0 saturated carbocycles. The quantitative estimate of drug-likeness (QED) is 0.635. The molecule has 2 aromatic carbocycles. The first-order valence-electron chi connectivity index (χ1n) is 6.50. The predicted molar refractivity (Wildman–Crippen MR) is 89.1 cm³/mol. The molecule has 1 nitrogen and oxygen atoms in total. The third kappa shape index (κ3) is 3.02. The molecule has 0 aliphatic heterocycles. The number of rotatable bonds is 4. The van der Waals surface area contributed by atoms with Crippen molar-refractivity contribution in [2.24, 2.45) is 0 Å². The lowest BCUT2D eigenvalue weighted by Crippen LogP contribution is -2.23. The van der Waals surface area contributed by atoms with Crippen LogP contribution in [0.1, 0.15) is 29.8 Å². The van der Waals surface area contributed by atoms with Gasteiger partial charge in [0.1, 0.15) is 5.75 Å². The Morgan fingerprint density at radius 1 is 1.10 bits per heavy atom. The molecule has 106 valence electrons. The molecule has 20 heavy (non-hydrogen) atoms. The number of methoxy groups -OCH3 is 1. The summed E-state index contributed by atoms with van der Waals surface area (Å²) in [6, 6.07) is 16.2. The zero-order chi connectivity index (χ0) is 14.8. The van der Waals surface area contributed by atoms with Gasteiger partial charge in [0.25, 0.3) is 0 Å². The molecule has 1 unspecified atom stereocenters. The number of hydrogen-bond donors (Lipinski definition) is 0. The minimum atomic E-state index is -0.0841. The molecule has 0 aromatic heterocycles. The maximum atomic E-state index is 6.14. The van der Waals surface area contributed by atoms with E-state index in [0.29, 0.717) is 5.02 Å². The van der Waals surface area contributed by atoms with Crippen molar-refractivity contribution < 1.29 is 4.74 Å². The molecule has 0 bridgehead atoms. The molecule has 2 aromatic rings. The molecule has 0 heterocycles. The van der Waals surface area contributed by atoms with E-state index in [-0.39, 0.29) is 10.2 Å². The lowest BCUT2D eigenvalue weighted by molar-refractivity contribution is 0.402. The van der Waals surface area contributed by atoms with Crippen LogP contribution in [0.25, 0.3) is 0 Å². The van der Waals surface area contributed by atoms with Crippen molar-refractivity contribution >= 4 is 27.5 Å². The van der Waals surface area contributed by atoms with E-state index >= 15 is 0 Å². The summed E-state index contributed by atoms with van der Waals surface area (Å²) < 4.78 is 5.46. The molecule has 0 N–H and O–H groups in total. The second kappa shape index (κ2) is 6.19. The van der Waals surface area contributed by atoms with E-state index in [1.165, 1.54) is 5.56 Å². The average molecular weight is 354 g/mol. The zero-order valence-corrected chi connectivity index (χ0v) is 14.2. The van der Waals surface area contributed by atoms with Crippen LogP contribution in [0.15, 0.2) is 48.5 Å². The van der Waals surface area contributed by atoms with Gasteiger partial charge in [-0.25, -0.2) is 0 Å².